The van der Waals surface area contributed by atoms with Crippen LogP contribution in [-0.4, -0.2) is 26.1 Å². The van der Waals surface area contributed by atoms with E-state index >= 15 is 0 Å². The molecule has 1 aliphatic rings. The number of alkyl halides is 1. The van der Waals surface area contributed by atoms with Crippen LogP contribution < -0.4 is 11.5 Å². The van der Waals surface area contributed by atoms with Gasteiger partial charge in [0.15, 0.2) is 22.1 Å². The fourth-order valence-corrected chi connectivity index (χ4v) is 4.90. The molecule has 130 valence electrons. The number of aryl methyl sites for hydroxylation is 1. The van der Waals surface area contributed by atoms with Gasteiger partial charge in [-0.3, -0.25) is 0 Å². The third-order valence-electron chi connectivity index (χ3n) is 4.28. The summed E-state index contributed by atoms with van der Waals surface area (Å²) in [6.45, 7) is 1.03. The average molecular weight is 470 g/mol. The lowest BCUT2D eigenvalue weighted by Crippen LogP contribution is -2.11. The molecule has 1 atom stereocenters. The standard InChI is InChI=1S/C16H16FIN6S/c17-10-2-1-8-5-11(18)12(6-9(8)10)25-16-23-13-14(20)21-7-22-15(13)24(16)4-3-19/h5-7,10H,1-4,19H2,(H2,20,21,22). The number of imidazole rings is 1. The van der Waals surface area contributed by atoms with Gasteiger partial charge in [0, 0.05) is 21.6 Å². The summed E-state index contributed by atoms with van der Waals surface area (Å²) in [7, 11) is 0. The lowest BCUT2D eigenvalue weighted by Gasteiger charge is -2.10. The monoisotopic (exact) mass is 470 g/mol. The molecule has 0 amide bonds. The Morgan fingerprint density at radius 3 is 3.00 bits per heavy atom. The summed E-state index contributed by atoms with van der Waals surface area (Å²) in [5.41, 5.74) is 14.8. The molecular weight excluding hydrogens is 454 g/mol. The van der Waals surface area contributed by atoms with Crippen LogP contribution in [0.4, 0.5) is 10.2 Å². The van der Waals surface area contributed by atoms with Crippen LogP contribution in [0.3, 0.4) is 0 Å². The summed E-state index contributed by atoms with van der Waals surface area (Å²) >= 11 is 3.77. The van der Waals surface area contributed by atoms with Crippen LogP contribution in [0, 0.1) is 3.57 Å². The zero-order valence-corrected chi connectivity index (χ0v) is 16.2. The molecule has 25 heavy (non-hydrogen) atoms. The van der Waals surface area contributed by atoms with E-state index in [1.54, 1.807) is 0 Å². The van der Waals surface area contributed by atoms with E-state index in [4.69, 9.17) is 11.5 Å². The molecule has 4 N–H and O–H groups in total. The van der Waals surface area contributed by atoms with Crippen molar-refractivity contribution < 1.29 is 4.39 Å². The predicted molar refractivity (Wildman–Crippen MR) is 104 cm³/mol. The van der Waals surface area contributed by atoms with Gasteiger partial charge in [-0.15, -0.1) is 0 Å². The Hall–Kier alpha value is -1.46. The van der Waals surface area contributed by atoms with Gasteiger partial charge in [-0.25, -0.2) is 19.3 Å². The Morgan fingerprint density at radius 2 is 2.20 bits per heavy atom. The molecule has 0 fully saturated rings. The van der Waals surface area contributed by atoms with E-state index in [0.717, 1.165) is 31.2 Å². The Bertz CT molecular complexity index is 959. The summed E-state index contributed by atoms with van der Waals surface area (Å²) in [4.78, 5) is 13.9. The third-order valence-corrected chi connectivity index (χ3v) is 6.59. The molecule has 2 heterocycles. The van der Waals surface area contributed by atoms with Crippen molar-refractivity contribution >= 4 is 51.3 Å². The summed E-state index contributed by atoms with van der Waals surface area (Å²) < 4.78 is 17.1. The summed E-state index contributed by atoms with van der Waals surface area (Å²) in [5.74, 6) is 0.343. The molecule has 0 bridgehead atoms. The zero-order chi connectivity index (χ0) is 17.6. The molecular formula is C16H16FIN6S. The first-order valence-corrected chi connectivity index (χ1v) is 9.79. The Kier molecular flexibility index (Phi) is 4.54. The van der Waals surface area contributed by atoms with Gasteiger partial charge < -0.3 is 16.0 Å². The zero-order valence-electron chi connectivity index (χ0n) is 13.2. The number of anilines is 1. The van der Waals surface area contributed by atoms with Gasteiger partial charge in [0.1, 0.15) is 12.5 Å². The minimum absolute atomic E-state index is 0.343. The predicted octanol–water partition coefficient (Wildman–Crippen LogP) is 3.08. The molecule has 0 aliphatic heterocycles. The number of nitrogen functional groups attached to an aromatic ring is 1. The number of nitrogens with zero attached hydrogens (tertiary/aromatic N) is 4. The number of nitrogens with two attached hydrogens (primary N) is 2. The second-order valence-corrected chi connectivity index (χ2v) is 8.03. The molecule has 6 nitrogen and oxygen atoms in total. The van der Waals surface area contributed by atoms with E-state index in [-0.39, 0.29) is 0 Å². The van der Waals surface area contributed by atoms with E-state index in [1.807, 2.05) is 10.6 Å². The van der Waals surface area contributed by atoms with Crippen LogP contribution >= 0.6 is 34.4 Å². The Balaban J connectivity index is 1.80. The van der Waals surface area contributed by atoms with Crippen LogP contribution in [0.5, 0.6) is 0 Å². The summed E-state index contributed by atoms with van der Waals surface area (Å²) in [6.07, 6.45) is 1.91. The fourth-order valence-electron chi connectivity index (χ4n) is 3.08. The Morgan fingerprint density at radius 1 is 1.36 bits per heavy atom. The number of fused-ring (bicyclic) bond motifs is 2. The van der Waals surface area contributed by atoms with Crippen molar-refractivity contribution in [2.24, 2.45) is 5.73 Å². The van der Waals surface area contributed by atoms with Crippen molar-refractivity contribution in [1.29, 1.82) is 0 Å². The van der Waals surface area contributed by atoms with Gasteiger partial charge in [-0.2, -0.15) is 0 Å². The van der Waals surface area contributed by atoms with Crippen molar-refractivity contribution in [2.45, 2.75) is 35.6 Å². The molecule has 1 aliphatic carbocycles. The van der Waals surface area contributed by atoms with Crippen molar-refractivity contribution in [3.63, 3.8) is 0 Å². The smallest absolute Gasteiger partial charge is 0.175 e. The molecule has 2 aromatic heterocycles. The highest BCUT2D eigenvalue weighted by Crippen LogP contribution is 2.41. The number of hydrogen-bond donors (Lipinski definition) is 2. The maximum Gasteiger partial charge on any atom is 0.175 e. The van der Waals surface area contributed by atoms with Gasteiger partial charge in [-0.1, -0.05) is 11.8 Å². The second-order valence-electron chi connectivity index (χ2n) is 5.86. The van der Waals surface area contributed by atoms with Crippen LogP contribution in [-0.2, 0) is 13.0 Å². The largest absolute Gasteiger partial charge is 0.382 e. The van der Waals surface area contributed by atoms with Gasteiger partial charge >= 0.3 is 0 Å². The third kappa shape index (κ3) is 2.97. The lowest BCUT2D eigenvalue weighted by molar-refractivity contribution is 0.343. The number of benzene rings is 1. The average Bonchev–Trinajstić information content (AvgIpc) is 3.11. The molecule has 3 aromatic rings. The van der Waals surface area contributed by atoms with Crippen molar-refractivity contribution in [3.05, 3.63) is 33.2 Å². The summed E-state index contributed by atoms with van der Waals surface area (Å²) in [5, 5.41) is 0.735. The van der Waals surface area contributed by atoms with Crippen molar-refractivity contribution in [2.75, 3.05) is 12.3 Å². The molecule has 1 aromatic carbocycles. The van der Waals surface area contributed by atoms with Gasteiger partial charge in [0.05, 0.1) is 0 Å². The molecule has 1 unspecified atom stereocenters. The first-order chi connectivity index (χ1) is 12.1. The fraction of sp³-hybridized carbons (Fsp3) is 0.312. The lowest BCUT2D eigenvalue weighted by atomic mass is 10.1. The van der Waals surface area contributed by atoms with E-state index in [0.29, 0.717) is 36.5 Å². The van der Waals surface area contributed by atoms with Crippen molar-refractivity contribution in [3.8, 4) is 0 Å². The maximum atomic E-state index is 14.1. The van der Waals surface area contributed by atoms with E-state index in [1.165, 1.54) is 18.1 Å². The van der Waals surface area contributed by atoms with Crippen LogP contribution in [0.25, 0.3) is 11.2 Å². The quantitative estimate of drug-likeness (QED) is 0.570. The number of hydrogen-bond acceptors (Lipinski definition) is 6. The SMILES string of the molecule is NCCn1c(Sc2cc3c(cc2I)CCC3F)nc2c(N)ncnc21. The molecule has 0 radical (unpaired) electrons. The molecule has 0 spiro atoms. The highest BCUT2D eigenvalue weighted by Gasteiger charge is 2.24. The highest BCUT2D eigenvalue weighted by molar-refractivity contribution is 14.1. The normalized spacial score (nSPS) is 16.5. The van der Waals surface area contributed by atoms with Gasteiger partial charge in [0.25, 0.3) is 0 Å². The molecule has 9 heteroatoms. The maximum absolute atomic E-state index is 14.1. The van der Waals surface area contributed by atoms with E-state index in [9.17, 15) is 4.39 Å². The van der Waals surface area contributed by atoms with Gasteiger partial charge in [-0.05, 0) is 58.7 Å². The highest BCUT2D eigenvalue weighted by atomic mass is 127. The first kappa shape index (κ1) is 17.0. The minimum Gasteiger partial charge on any atom is -0.382 e. The first-order valence-electron chi connectivity index (χ1n) is 7.89. The van der Waals surface area contributed by atoms with E-state index in [2.05, 4.69) is 43.6 Å². The topological polar surface area (TPSA) is 95.6 Å². The Labute approximate surface area is 161 Å². The number of rotatable bonds is 4. The van der Waals surface area contributed by atoms with Crippen molar-refractivity contribution in [1.82, 2.24) is 19.5 Å². The molecule has 0 saturated carbocycles. The number of aromatic nitrogens is 4. The minimum atomic E-state index is -0.879. The molecule has 4 rings (SSSR count). The van der Waals surface area contributed by atoms with Crippen LogP contribution in [0.1, 0.15) is 23.7 Å². The second kappa shape index (κ2) is 6.69. The van der Waals surface area contributed by atoms with Crippen LogP contribution in [0.15, 0.2) is 28.5 Å². The van der Waals surface area contributed by atoms with Crippen LogP contribution in [0.2, 0.25) is 0 Å². The number of halogens is 2. The molecule has 0 saturated heterocycles. The van der Waals surface area contributed by atoms with E-state index < -0.39 is 6.17 Å². The summed E-state index contributed by atoms with van der Waals surface area (Å²) in [6, 6.07) is 4.02. The van der Waals surface area contributed by atoms with Gasteiger partial charge in [0.2, 0.25) is 0 Å².